The van der Waals surface area contributed by atoms with Crippen molar-refractivity contribution in [2.24, 2.45) is 5.92 Å². The molecule has 0 N–H and O–H groups in total. The van der Waals surface area contributed by atoms with E-state index in [0.29, 0.717) is 10.6 Å². The maximum Gasteiger partial charge on any atom is 0.144 e. The predicted molar refractivity (Wildman–Crippen MR) is 57.2 cm³/mol. The van der Waals surface area contributed by atoms with E-state index in [0.717, 1.165) is 24.3 Å². The van der Waals surface area contributed by atoms with Crippen LogP contribution in [0.15, 0.2) is 12.1 Å². The first kappa shape index (κ1) is 9.97. The molecule has 14 heavy (non-hydrogen) atoms. The average Bonchev–Trinajstić information content (AvgIpc) is 2.97. The lowest BCUT2D eigenvalue weighted by Crippen LogP contribution is -1.93. The first-order chi connectivity index (χ1) is 6.68. The van der Waals surface area contributed by atoms with E-state index in [-0.39, 0.29) is 5.82 Å². The molecule has 0 atom stereocenters. The molecule has 0 nitrogen and oxygen atoms in total. The van der Waals surface area contributed by atoms with Crippen molar-refractivity contribution in [3.63, 3.8) is 0 Å². The molecule has 1 aromatic carbocycles. The van der Waals surface area contributed by atoms with E-state index in [1.807, 2.05) is 12.1 Å². The molecule has 0 amide bonds. The second-order valence-corrected chi connectivity index (χ2v) is 4.53. The van der Waals surface area contributed by atoms with Gasteiger partial charge in [-0.1, -0.05) is 36.6 Å². The van der Waals surface area contributed by atoms with E-state index >= 15 is 0 Å². The summed E-state index contributed by atoms with van der Waals surface area (Å²) in [6, 6.07) is 3.76. The van der Waals surface area contributed by atoms with Gasteiger partial charge in [-0.05, 0) is 36.8 Å². The highest BCUT2D eigenvalue weighted by Crippen LogP contribution is 2.34. The summed E-state index contributed by atoms with van der Waals surface area (Å²) in [4.78, 5) is 0. The molecule has 0 saturated heterocycles. The number of aryl methyl sites for hydroxylation is 2. The van der Waals surface area contributed by atoms with Gasteiger partial charge in [0.15, 0.2) is 0 Å². The minimum Gasteiger partial charge on any atom is -0.205 e. The molecule has 1 aliphatic rings. The fourth-order valence-corrected chi connectivity index (χ4v) is 1.95. The van der Waals surface area contributed by atoms with Gasteiger partial charge < -0.3 is 0 Å². The van der Waals surface area contributed by atoms with Crippen LogP contribution in [0, 0.1) is 18.7 Å². The van der Waals surface area contributed by atoms with E-state index in [1.165, 1.54) is 12.8 Å². The van der Waals surface area contributed by atoms with Gasteiger partial charge in [0, 0.05) is 0 Å². The van der Waals surface area contributed by atoms with Gasteiger partial charge in [0.1, 0.15) is 5.82 Å². The molecule has 1 aromatic rings. The zero-order valence-electron chi connectivity index (χ0n) is 8.32. The van der Waals surface area contributed by atoms with Gasteiger partial charge in [-0.2, -0.15) is 0 Å². The lowest BCUT2D eigenvalue weighted by Gasteiger charge is -2.06. The second-order valence-electron chi connectivity index (χ2n) is 4.15. The Balaban J connectivity index is 2.11. The van der Waals surface area contributed by atoms with Crippen LogP contribution in [0.25, 0.3) is 0 Å². The Hall–Kier alpha value is -0.560. The van der Waals surface area contributed by atoms with Gasteiger partial charge in [0.25, 0.3) is 0 Å². The quantitative estimate of drug-likeness (QED) is 0.707. The van der Waals surface area contributed by atoms with Crippen molar-refractivity contribution in [2.75, 3.05) is 0 Å². The summed E-state index contributed by atoms with van der Waals surface area (Å²) in [5.74, 6) is 0.621. The zero-order valence-corrected chi connectivity index (χ0v) is 9.07. The van der Waals surface area contributed by atoms with Crippen LogP contribution >= 0.6 is 11.6 Å². The van der Waals surface area contributed by atoms with Crippen molar-refractivity contribution in [1.82, 2.24) is 0 Å². The molecule has 0 radical (unpaired) electrons. The molecule has 76 valence electrons. The van der Waals surface area contributed by atoms with Crippen LogP contribution in [0.1, 0.15) is 30.4 Å². The van der Waals surface area contributed by atoms with Crippen LogP contribution in [-0.2, 0) is 6.42 Å². The van der Waals surface area contributed by atoms with Crippen LogP contribution in [-0.4, -0.2) is 0 Å². The van der Waals surface area contributed by atoms with Crippen molar-refractivity contribution >= 4 is 11.6 Å². The van der Waals surface area contributed by atoms with Crippen LogP contribution in [0.5, 0.6) is 0 Å². The molecule has 0 aromatic heterocycles. The van der Waals surface area contributed by atoms with Gasteiger partial charge in [0.2, 0.25) is 0 Å². The highest BCUT2D eigenvalue weighted by molar-refractivity contribution is 6.31. The predicted octanol–water partition coefficient (Wildman–Crippen LogP) is 4.13. The van der Waals surface area contributed by atoms with Crippen molar-refractivity contribution < 1.29 is 4.39 Å². The summed E-state index contributed by atoms with van der Waals surface area (Å²) >= 11 is 5.93. The molecular weight excluding hydrogens is 199 g/mol. The SMILES string of the molecule is Cc1ccc(CCC2CC2)c(Cl)c1F. The summed E-state index contributed by atoms with van der Waals surface area (Å²) < 4.78 is 13.4. The normalized spacial score (nSPS) is 15.9. The summed E-state index contributed by atoms with van der Waals surface area (Å²) in [6.07, 6.45) is 4.75. The molecule has 0 aliphatic heterocycles. The average molecular weight is 213 g/mol. The standard InChI is InChI=1S/C12H14ClF/c1-8-2-6-10(11(13)12(8)14)7-5-9-3-4-9/h2,6,9H,3-5,7H2,1H3. The highest BCUT2D eigenvalue weighted by atomic mass is 35.5. The third kappa shape index (κ3) is 2.09. The molecular formula is C12H14ClF. The zero-order chi connectivity index (χ0) is 10.1. The Labute approximate surface area is 89.1 Å². The summed E-state index contributed by atoms with van der Waals surface area (Å²) in [7, 11) is 0. The van der Waals surface area contributed by atoms with E-state index in [9.17, 15) is 4.39 Å². The molecule has 1 saturated carbocycles. The molecule has 0 unspecified atom stereocenters. The van der Waals surface area contributed by atoms with Crippen LogP contribution < -0.4 is 0 Å². The lowest BCUT2D eigenvalue weighted by atomic mass is 10.1. The fourth-order valence-electron chi connectivity index (χ4n) is 1.65. The minimum absolute atomic E-state index is 0.250. The first-order valence-corrected chi connectivity index (χ1v) is 5.49. The second kappa shape index (κ2) is 3.90. The number of hydrogen-bond donors (Lipinski definition) is 0. The third-order valence-corrected chi connectivity index (χ3v) is 3.28. The molecule has 2 rings (SSSR count). The Bertz CT molecular complexity index is 342. The van der Waals surface area contributed by atoms with E-state index < -0.39 is 0 Å². The van der Waals surface area contributed by atoms with Gasteiger partial charge in [-0.3, -0.25) is 0 Å². The van der Waals surface area contributed by atoms with Crippen molar-refractivity contribution in [3.8, 4) is 0 Å². The smallest absolute Gasteiger partial charge is 0.144 e. The monoisotopic (exact) mass is 212 g/mol. The maximum absolute atomic E-state index is 13.4. The van der Waals surface area contributed by atoms with Gasteiger partial charge in [-0.15, -0.1) is 0 Å². The summed E-state index contributed by atoms with van der Waals surface area (Å²) in [5.41, 5.74) is 1.59. The maximum atomic E-state index is 13.4. The lowest BCUT2D eigenvalue weighted by molar-refractivity contribution is 0.614. The largest absolute Gasteiger partial charge is 0.205 e. The van der Waals surface area contributed by atoms with Crippen molar-refractivity contribution in [2.45, 2.75) is 32.6 Å². The van der Waals surface area contributed by atoms with Crippen LogP contribution in [0.4, 0.5) is 4.39 Å². The molecule has 1 fully saturated rings. The van der Waals surface area contributed by atoms with E-state index in [4.69, 9.17) is 11.6 Å². The first-order valence-electron chi connectivity index (χ1n) is 5.12. The molecule has 0 heterocycles. The Morgan fingerprint density at radius 2 is 2.14 bits per heavy atom. The number of hydrogen-bond acceptors (Lipinski definition) is 0. The highest BCUT2D eigenvalue weighted by Gasteiger charge is 2.21. The van der Waals surface area contributed by atoms with E-state index in [2.05, 4.69) is 0 Å². The molecule has 2 heteroatoms. The van der Waals surface area contributed by atoms with E-state index in [1.54, 1.807) is 6.92 Å². The Kier molecular flexibility index (Phi) is 2.78. The minimum atomic E-state index is -0.250. The molecule has 0 bridgehead atoms. The molecule has 0 spiro atoms. The summed E-state index contributed by atoms with van der Waals surface area (Å²) in [5, 5.41) is 0.325. The summed E-state index contributed by atoms with van der Waals surface area (Å²) in [6.45, 7) is 1.74. The van der Waals surface area contributed by atoms with Crippen molar-refractivity contribution in [1.29, 1.82) is 0 Å². The number of rotatable bonds is 3. The van der Waals surface area contributed by atoms with Crippen molar-refractivity contribution in [3.05, 3.63) is 34.1 Å². The van der Waals surface area contributed by atoms with Gasteiger partial charge in [-0.25, -0.2) is 4.39 Å². The fraction of sp³-hybridized carbons (Fsp3) is 0.500. The Morgan fingerprint density at radius 3 is 2.79 bits per heavy atom. The van der Waals surface area contributed by atoms with Gasteiger partial charge in [0.05, 0.1) is 5.02 Å². The topological polar surface area (TPSA) is 0 Å². The number of benzene rings is 1. The van der Waals surface area contributed by atoms with Crippen LogP contribution in [0.3, 0.4) is 0 Å². The Morgan fingerprint density at radius 1 is 1.43 bits per heavy atom. The molecule has 1 aliphatic carbocycles. The number of halogens is 2. The van der Waals surface area contributed by atoms with Gasteiger partial charge >= 0.3 is 0 Å². The van der Waals surface area contributed by atoms with Crippen LogP contribution in [0.2, 0.25) is 5.02 Å². The third-order valence-electron chi connectivity index (χ3n) is 2.87.